The van der Waals surface area contributed by atoms with Crippen LogP contribution in [-0.4, -0.2) is 39.7 Å². The fraction of sp³-hybridized carbons (Fsp3) is 0.240. The Hall–Kier alpha value is -3.78. The van der Waals surface area contributed by atoms with Crippen LogP contribution in [0.4, 0.5) is 10.5 Å². The predicted octanol–water partition coefficient (Wildman–Crippen LogP) is 5.73. The maximum absolute atomic E-state index is 12.9. The molecule has 0 aliphatic heterocycles. The predicted molar refractivity (Wildman–Crippen MR) is 131 cm³/mol. The lowest BCUT2D eigenvalue weighted by Crippen LogP contribution is -2.33. The Labute approximate surface area is 202 Å². The molecule has 9 heteroatoms. The normalized spacial score (nSPS) is 10.9. The summed E-state index contributed by atoms with van der Waals surface area (Å²) in [6.45, 7) is 7.08. The highest BCUT2D eigenvalue weighted by Crippen LogP contribution is 2.35. The van der Waals surface area contributed by atoms with Gasteiger partial charge in [0.2, 0.25) is 0 Å². The van der Waals surface area contributed by atoms with Crippen molar-refractivity contribution in [1.29, 1.82) is 0 Å². The molecule has 34 heavy (non-hydrogen) atoms. The molecule has 8 nitrogen and oxygen atoms in total. The van der Waals surface area contributed by atoms with Crippen molar-refractivity contribution in [3.05, 3.63) is 76.8 Å². The number of ether oxygens (including phenoxy) is 1. The van der Waals surface area contributed by atoms with Crippen LogP contribution >= 0.6 is 11.6 Å². The second-order valence-corrected chi connectivity index (χ2v) is 8.20. The number of aryl methyl sites for hydroxylation is 1. The van der Waals surface area contributed by atoms with Crippen molar-refractivity contribution in [2.45, 2.75) is 27.3 Å². The van der Waals surface area contributed by atoms with Crippen molar-refractivity contribution in [3.63, 3.8) is 0 Å². The number of carbonyl (C=O) groups excluding carboxylic acids is 2. The highest BCUT2D eigenvalue weighted by atomic mass is 35.5. The Balaban J connectivity index is 1.72. The lowest BCUT2D eigenvalue weighted by Gasteiger charge is -2.19. The number of rotatable bonds is 7. The smallest absolute Gasteiger partial charge is 0.408 e. The first-order valence-corrected chi connectivity index (χ1v) is 11.3. The average Bonchev–Trinajstić information content (AvgIpc) is 3.44. The van der Waals surface area contributed by atoms with E-state index < -0.39 is 12.0 Å². The molecular formula is C25H25ClN4O4. The molecule has 0 spiro atoms. The van der Waals surface area contributed by atoms with Crippen molar-refractivity contribution in [2.24, 2.45) is 0 Å². The first kappa shape index (κ1) is 23.4. The molecule has 0 bridgehead atoms. The summed E-state index contributed by atoms with van der Waals surface area (Å²) in [6, 6.07) is 14.6. The molecule has 0 saturated carbocycles. The molecule has 0 aliphatic rings. The largest absolute Gasteiger partial charge is 0.415 e. The van der Waals surface area contributed by atoms with E-state index in [1.165, 1.54) is 0 Å². The van der Waals surface area contributed by atoms with Crippen LogP contribution in [0.3, 0.4) is 0 Å². The molecule has 2 amide bonds. The van der Waals surface area contributed by atoms with Gasteiger partial charge in [0.1, 0.15) is 5.76 Å². The van der Waals surface area contributed by atoms with Gasteiger partial charge in [-0.2, -0.15) is 0 Å². The van der Waals surface area contributed by atoms with E-state index in [2.05, 4.69) is 10.5 Å². The molecule has 0 fully saturated rings. The zero-order chi connectivity index (χ0) is 24.2. The highest BCUT2D eigenvalue weighted by molar-refractivity contribution is 6.30. The third-order valence-corrected chi connectivity index (χ3v) is 5.75. The lowest BCUT2D eigenvalue weighted by atomic mass is 10.2. The molecule has 4 rings (SSSR count). The number of amides is 2. The van der Waals surface area contributed by atoms with E-state index in [4.69, 9.17) is 20.9 Å². The van der Waals surface area contributed by atoms with Gasteiger partial charge in [-0.15, -0.1) is 0 Å². The number of hydrogen-bond acceptors (Lipinski definition) is 5. The molecule has 0 radical (unpaired) electrons. The van der Waals surface area contributed by atoms with Crippen LogP contribution in [0, 0.1) is 6.92 Å². The Morgan fingerprint density at radius 1 is 1.12 bits per heavy atom. The van der Waals surface area contributed by atoms with Gasteiger partial charge in [-0.1, -0.05) is 28.9 Å². The molecule has 2 aromatic heterocycles. The number of nitrogens with one attached hydrogen (secondary N) is 1. The minimum Gasteiger partial charge on any atom is -0.408 e. The highest BCUT2D eigenvalue weighted by Gasteiger charge is 2.21. The summed E-state index contributed by atoms with van der Waals surface area (Å²) in [7, 11) is 0. The number of benzene rings is 2. The van der Waals surface area contributed by atoms with Crippen molar-refractivity contribution >= 4 is 40.2 Å². The van der Waals surface area contributed by atoms with E-state index in [0.717, 1.165) is 16.5 Å². The maximum Gasteiger partial charge on any atom is 0.415 e. The fourth-order valence-electron chi connectivity index (χ4n) is 3.68. The molecule has 0 unspecified atom stereocenters. The van der Waals surface area contributed by atoms with E-state index in [9.17, 15) is 9.59 Å². The standard InChI is InChI=1S/C25H25ClN4O4/c1-4-29(5-2)25(32)33-22-11-10-21-19(23(22)27-24(31)20-14-16(3)34-28-20)12-13-30(21)15-17-6-8-18(26)9-7-17/h6-14H,4-5,15H2,1-3H3,(H,27,31). The molecule has 2 aromatic carbocycles. The quantitative estimate of drug-likeness (QED) is 0.364. The summed E-state index contributed by atoms with van der Waals surface area (Å²) >= 11 is 6.01. The third kappa shape index (κ3) is 4.92. The number of halogens is 1. The second kappa shape index (κ2) is 10.0. The van der Waals surface area contributed by atoms with Crippen molar-refractivity contribution in [1.82, 2.24) is 14.6 Å². The molecule has 0 saturated heterocycles. The number of carbonyl (C=O) groups is 2. The summed E-state index contributed by atoms with van der Waals surface area (Å²) in [5, 5.41) is 8.05. The monoisotopic (exact) mass is 480 g/mol. The van der Waals surface area contributed by atoms with Crippen LogP contribution in [0.1, 0.15) is 35.7 Å². The van der Waals surface area contributed by atoms with Crippen LogP contribution in [0.15, 0.2) is 59.3 Å². The number of anilines is 1. The Bertz CT molecular complexity index is 1320. The number of aromatic nitrogens is 2. The fourth-order valence-corrected chi connectivity index (χ4v) is 3.81. The Morgan fingerprint density at radius 2 is 1.85 bits per heavy atom. The third-order valence-electron chi connectivity index (χ3n) is 5.50. The molecule has 0 aliphatic carbocycles. The minimum atomic E-state index is -0.488. The van der Waals surface area contributed by atoms with Gasteiger partial charge in [0.05, 0.1) is 11.2 Å². The van der Waals surface area contributed by atoms with Crippen molar-refractivity contribution in [2.75, 3.05) is 18.4 Å². The van der Waals surface area contributed by atoms with E-state index >= 15 is 0 Å². The molecule has 0 atom stereocenters. The molecular weight excluding hydrogens is 456 g/mol. The van der Waals surface area contributed by atoms with E-state index in [1.807, 2.05) is 61.0 Å². The van der Waals surface area contributed by atoms with Crippen LogP contribution < -0.4 is 10.1 Å². The summed E-state index contributed by atoms with van der Waals surface area (Å²) in [6.07, 6.45) is 1.43. The number of nitrogens with zero attached hydrogens (tertiary/aromatic N) is 3. The van der Waals surface area contributed by atoms with Crippen LogP contribution in [0.5, 0.6) is 5.75 Å². The number of hydrogen-bond donors (Lipinski definition) is 1. The zero-order valence-electron chi connectivity index (χ0n) is 19.2. The molecule has 176 valence electrons. The Morgan fingerprint density at radius 3 is 2.50 bits per heavy atom. The van der Waals surface area contributed by atoms with Gasteiger partial charge in [0, 0.05) is 42.3 Å². The lowest BCUT2D eigenvalue weighted by molar-refractivity contribution is 0.101. The minimum absolute atomic E-state index is 0.135. The van der Waals surface area contributed by atoms with E-state index in [-0.39, 0.29) is 11.4 Å². The number of fused-ring (bicyclic) bond motifs is 1. The van der Waals surface area contributed by atoms with Gasteiger partial charge in [-0.3, -0.25) is 4.79 Å². The second-order valence-electron chi connectivity index (χ2n) is 7.76. The maximum atomic E-state index is 12.9. The average molecular weight is 481 g/mol. The van der Waals surface area contributed by atoms with Gasteiger partial charge in [0.25, 0.3) is 5.91 Å². The molecule has 2 heterocycles. The zero-order valence-corrected chi connectivity index (χ0v) is 19.9. The topological polar surface area (TPSA) is 89.6 Å². The van der Waals surface area contributed by atoms with Crippen LogP contribution in [-0.2, 0) is 6.54 Å². The SMILES string of the molecule is CCN(CC)C(=O)Oc1ccc2c(ccn2Cc2ccc(Cl)cc2)c1NC(=O)c1cc(C)on1. The Kier molecular flexibility index (Phi) is 6.88. The van der Waals surface area contributed by atoms with Crippen LogP contribution in [0.2, 0.25) is 5.02 Å². The first-order valence-electron chi connectivity index (χ1n) is 11.0. The van der Waals surface area contributed by atoms with Gasteiger partial charge < -0.3 is 24.0 Å². The summed E-state index contributed by atoms with van der Waals surface area (Å²) < 4.78 is 12.8. The van der Waals surface area contributed by atoms with Gasteiger partial charge in [-0.05, 0) is 56.7 Å². The van der Waals surface area contributed by atoms with Crippen LogP contribution in [0.25, 0.3) is 10.9 Å². The van der Waals surface area contributed by atoms with E-state index in [1.54, 1.807) is 24.0 Å². The summed E-state index contributed by atoms with van der Waals surface area (Å²) in [4.78, 5) is 27.1. The molecule has 4 aromatic rings. The summed E-state index contributed by atoms with van der Waals surface area (Å²) in [5.74, 6) is 0.308. The summed E-state index contributed by atoms with van der Waals surface area (Å²) in [5.41, 5.74) is 2.46. The first-order chi connectivity index (χ1) is 16.4. The van der Waals surface area contributed by atoms with Gasteiger partial charge in [0.15, 0.2) is 11.4 Å². The van der Waals surface area contributed by atoms with Gasteiger partial charge >= 0.3 is 6.09 Å². The van der Waals surface area contributed by atoms with Gasteiger partial charge in [-0.25, -0.2) is 4.79 Å². The van der Waals surface area contributed by atoms with Crippen molar-refractivity contribution in [3.8, 4) is 5.75 Å². The molecule has 1 N–H and O–H groups in total. The van der Waals surface area contributed by atoms with E-state index in [0.29, 0.717) is 36.1 Å². The van der Waals surface area contributed by atoms with Crippen molar-refractivity contribution < 1.29 is 18.8 Å².